The molecule has 2 saturated heterocycles. The van der Waals surface area contributed by atoms with Crippen LogP contribution < -0.4 is 10.6 Å². The summed E-state index contributed by atoms with van der Waals surface area (Å²) < 4.78 is 18.9. The highest BCUT2D eigenvalue weighted by Gasteiger charge is 2.23. The summed E-state index contributed by atoms with van der Waals surface area (Å²) in [5.74, 6) is 0.631. The van der Waals surface area contributed by atoms with E-state index in [0.717, 1.165) is 57.3 Å². The van der Waals surface area contributed by atoms with Crippen LogP contribution in [0.1, 0.15) is 50.1 Å². The molecule has 3 rings (SSSR count). The van der Waals surface area contributed by atoms with E-state index in [1.807, 2.05) is 19.2 Å². The van der Waals surface area contributed by atoms with Crippen molar-refractivity contribution in [2.45, 2.75) is 44.6 Å². The highest BCUT2D eigenvalue weighted by Crippen LogP contribution is 2.21. The first-order chi connectivity index (χ1) is 15.3. The third kappa shape index (κ3) is 8.39. The van der Waals surface area contributed by atoms with Gasteiger partial charge in [-0.25, -0.2) is 4.39 Å². The van der Waals surface area contributed by atoms with Crippen molar-refractivity contribution in [1.82, 2.24) is 20.4 Å². The first kappa shape index (κ1) is 24.0. The zero-order valence-electron chi connectivity index (χ0n) is 19.1. The molecule has 2 heterocycles. The summed E-state index contributed by atoms with van der Waals surface area (Å²) in [4.78, 5) is 9.40. The van der Waals surface area contributed by atoms with Gasteiger partial charge in [-0.05, 0) is 63.0 Å². The maximum Gasteiger partial charge on any atom is 0.191 e. The Balaban J connectivity index is 1.39. The lowest BCUT2D eigenvalue weighted by molar-refractivity contribution is 0.0170. The Hall–Kier alpha value is -1.70. The Labute approximate surface area is 187 Å². The number of halogens is 1. The minimum atomic E-state index is -0.199. The first-order valence-electron chi connectivity index (χ1n) is 12.0. The van der Waals surface area contributed by atoms with Crippen LogP contribution in [-0.4, -0.2) is 81.8 Å². The number of aliphatic imine (C=N–C) groups is 1. The number of ether oxygens (including phenoxy) is 1. The highest BCUT2D eigenvalue weighted by atomic mass is 19.1. The predicted molar refractivity (Wildman–Crippen MR) is 125 cm³/mol. The largest absolute Gasteiger partial charge is 0.379 e. The van der Waals surface area contributed by atoms with Gasteiger partial charge in [-0.2, -0.15) is 0 Å². The van der Waals surface area contributed by atoms with Crippen molar-refractivity contribution in [3.05, 3.63) is 35.6 Å². The molecule has 0 radical (unpaired) electrons. The van der Waals surface area contributed by atoms with Gasteiger partial charge in [0.15, 0.2) is 5.96 Å². The van der Waals surface area contributed by atoms with Crippen molar-refractivity contribution in [1.29, 1.82) is 0 Å². The first-order valence-corrected chi connectivity index (χ1v) is 12.0. The van der Waals surface area contributed by atoms with Gasteiger partial charge < -0.3 is 20.3 Å². The lowest BCUT2D eigenvalue weighted by Gasteiger charge is -2.35. The monoisotopic (exact) mass is 433 g/mol. The number of benzene rings is 1. The molecule has 1 aromatic carbocycles. The Bertz CT molecular complexity index is 642. The molecular weight excluding hydrogens is 393 g/mol. The molecule has 1 atom stereocenters. The van der Waals surface area contributed by atoms with Crippen LogP contribution in [0.15, 0.2) is 29.3 Å². The summed E-state index contributed by atoms with van der Waals surface area (Å²) >= 11 is 0. The molecule has 174 valence electrons. The van der Waals surface area contributed by atoms with E-state index in [9.17, 15) is 4.39 Å². The molecule has 0 amide bonds. The Morgan fingerprint density at radius 1 is 1.00 bits per heavy atom. The van der Waals surface area contributed by atoms with E-state index >= 15 is 0 Å². The standard InChI is InChI=1S/C24H40FN5O/c1-26-24(27-12-4-2-5-13-29-14-6-3-7-15-29)28-20-23(30-16-18-31-19-17-30)21-8-10-22(25)11-9-21/h8-11,23H,2-7,12-20H2,1H3,(H2,26,27,28). The molecule has 2 aliphatic rings. The summed E-state index contributed by atoms with van der Waals surface area (Å²) in [7, 11) is 1.81. The molecule has 0 spiro atoms. The van der Waals surface area contributed by atoms with Crippen LogP contribution in [0.2, 0.25) is 0 Å². The summed E-state index contributed by atoms with van der Waals surface area (Å²) in [6, 6.07) is 7.01. The normalized spacial score (nSPS) is 19.9. The van der Waals surface area contributed by atoms with Crippen molar-refractivity contribution >= 4 is 5.96 Å². The fraction of sp³-hybridized carbons (Fsp3) is 0.708. The van der Waals surface area contributed by atoms with Gasteiger partial charge in [0.1, 0.15) is 5.82 Å². The maximum atomic E-state index is 13.4. The topological polar surface area (TPSA) is 52.1 Å². The molecule has 0 bridgehead atoms. The number of hydrogen-bond donors (Lipinski definition) is 2. The number of rotatable bonds is 10. The minimum Gasteiger partial charge on any atom is -0.379 e. The van der Waals surface area contributed by atoms with E-state index in [-0.39, 0.29) is 11.9 Å². The molecule has 2 N–H and O–H groups in total. The van der Waals surface area contributed by atoms with Crippen LogP contribution in [0, 0.1) is 5.82 Å². The number of morpholine rings is 1. The fourth-order valence-electron chi connectivity index (χ4n) is 4.47. The van der Waals surface area contributed by atoms with Crippen LogP contribution in [-0.2, 0) is 4.74 Å². The van der Waals surface area contributed by atoms with Crippen LogP contribution in [0.25, 0.3) is 0 Å². The van der Waals surface area contributed by atoms with Crippen LogP contribution in [0.3, 0.4) is 0 Å². The number of nitrogens with zero attached hydrogens (tertiary/aromatic N) is 3. The lowest BCUT2D eigenvalue weighted by atomic mass is 10.0. The van der Waals surface area contributed by atoms with Crippen molar-refractivity contribution in [2.75, 3.05) is 66.1 Å². The number of piperidine rings is 1. The summed E-state index contributed by atoms with van der Waals surface area (Å²) in [6.07, 6.45) is 7.81. The number of hydrogen-bond acceptors (Lipinski definition) is 4. The predicted octanol–water partition coefficient (Wildman–Crippen LogP) is 3.02. The van der Waals surface area contributed by atoms with E-state index in [1.54, 1.807) is 12.1 Å². The Morgan fingerprint density at radius 2 is 1.74 bits per heavy atom. The third-order valence-corrected chi connectivity index (χ3v) is 6.32. The lowest BCUT2D eigenvalue weighted by Crippen LogP contribution is -2.46. The van der Waals surface area contributed by atoms with Crippen molar-refractivity contribution in [2.24, 2.45) is 4.99 Å². The van der Waals surface area contributed by atoms with Gasteiger partial charge in [-0.1, -0.05) is 25.0 Å². The number of likely N-dealkylation sites (tertiary alicyclic amines) is 1. The Kier molecular flexibility index (Phi) is 10.6. The second kappa shape index (κ2) is 13.7. The summed E-state index contributed by atoms with van der Waals surface area (Å²) in [5, 5.41) is 6.93. The van der Waals surface area contributed by atoms with Crippen molar-refractivity contribution in [3.8, 4) is 0 Å². The minimum absolute atomic E-state index is 0.160. The van der Waals surface area contributed by atoms with Gasteiger partial charge >= 0.3 is 0 Å². The number of guanidine groups is 1. The quantitative estimate of drug-likeness (QED) is 0.338. The van der Waals surface area contributed by atoms with Gasteiger partial charge in [0.2, 0.25) is 0 Å². The van der Waals surface area contributed by atoms with Gasteiger partial charge in [0, 0.05) is 33.2 Å². The van der Waals surface area contributed by atoms with E-state index in [0.29, 0.717) is 0 Å². The fourth-order valence-corrected chi connectivity index (χ4v) is 4.47. The second-order valence-corrected chi connectivity index (χ2v) is 8.56. The zero-order chi connectivity index (χ0) is 21.7. The molecule has 1 unspecified atom stereocenters. The maximum absolute atomic E-state index is 13.4. The number of nitrogens with one attached hydrogen (secondary N) is 2. The second-order valence-electron chi connectivity index (χ2n) is 8.56. The third-order valence-electron chi connectivity index (χ3n) is 6.32. The smallest absolute Gasteiger partial charge is 0.191 e. The molecular formula is C24H40FN5O. The zero-order valence-corrected chi connectivity index (χ0v) is 19.1. The van der Waals surface area contributed by atoms with E-state index in [2.05, 4.69) is 25.4 Å². The molecule has 6 nitrogen and oxygen atoms in total. The van der Waals surface area contributed by atoms with Gasteiger partial charge in [-0.15, -0.1) is 0 Å². The van der Waals surface area contributed by atoms with Gasteiger partial charge in [0.05, 0.1) is 19.3 Å². The molecule has 0 aromatic heterocycles. The van der Waals surface area contributed by atoms with Crippen molar-refractivity contribution in [3.63, 3.8) is 0 Å². The van der Waals surface area contributed by atoms with E-state index < -0.39 is 0 Å². The molecule has 2 fully saturated rings. The van der Waals surface area contributed by atoms with Crippen molar-refractivity contribution < 1.29 is 9.13 Å². The van der Waals surface area contributed by atoms with E-state index in [4.69, 9.17) is 4.74 Å². The summed E-state index contributed by atoms with van der Waals surface area (Å²) in [6.45, 7) is 8.70. The molecule has 2 aliphatic heterocycles. The molecule has 7 heteroatoms. The van der Waals surface area contributed by atoms with Gasteiger partial charge in [-0.3, -0.25) is 9.89 Å². The van der Waals surface area contributed by atoms with Crippen LogP contribution >= 0.6 is 0 Å². The van der Waals surface area contributed by atoms with Crippen LogP contribution in [0.5, 0.6) is 0 Å². The highest BCUT2D eigenvalue weighted by molar-refractivity contribution is 5.79. The summed E-state index contributed by atoms with van der Waals surface area (Å²) in [5.41, 5.74) is 1.11. The Morgan fingerprint density at radius 3 is 2.45 bits per heavy atom. The molecule has 0 aliphatic carbocycles. The molecule has 1 aromatic rings. The van der Waals surface area contributed by atoms with Gasteiger partial charge in [0.25, 0.3) is 0 Å². The number of unbranched alkanes of at least 4 members (excludes halogenated alkanes) is 2. The SMILES string of the molecule is CN=C(NCCCCCN1CCCCC1)NCC(c1ccc(F)cc1)N1CCOCC1. The van der Waals surface area contributed by atoms with Crippen LogP contribution in [0.4, 0.5) is 4.39 Å². The van der Waals surface area contributed by atoms with E-state index in [1.165, 1.54) is 51.7 Å². The molecule has 31 heavy (non-hydrogen) atoms. The average Bonchev–Trinajstić information content (AvgIpc) is 2.82. The molecule has 0 saturated carbocycles. The average molecular weight is 434 g/mol.